The lowest BCUT2D eigenvalue weighted by Gasteiger charge is -2.22. The molecule has 0 atom stereocenters. The maximum atomic E-state index is 6.01. The summed E-state index contributed by atoms with van der Waals surface area (Å²) in [5.74, 6) is 1.11. The summed E-state index contributed by atoms with van der Waals surface area (Å²) in [7, 11) is 0. The number of hydrogen-bond donors (Lipinski definition) is 0. The van der Waals surface area contributed by atoms with Crippen molar-refractivity contribution in [2.75, 3.05) is 0 Å². The molecule has 0 spiro atoms. The van der Waals surface area contributed by atoms with Crippen molar-refractivity contribution in [3.8, 4) is 22.9 Å². The summed E-state index contributed by atoms with van der Waals surface area (Å²) in [6.07, 6.45) is 10.3. The molecule has 4 nitrogen and oxygen atoms in total. The van der Waals surface area contributed by atoms with E-state index in [-0.39, 0.29) is 0 Å². The molecule has 2 aromatic heterocycles. The number of hydrogen-bond acceptors (Lipinski definition) is 3. The fourth-order valence-electron chi connectivity index (χ4n) is 7.37. The maximum absolute atomic E-state index is 6.01. The molecule has 0 aliphatic heterocycles. The van der Waals surface area contributed by atoms with Gasteiger partial charge >= 0.3 is 0 Å². The topological polar surface area (TPSA) is 43.9 Å². The van der Waals surface area contributed by atoms with Crippen LogP contribution in [0.15, 0.2) is 120 Å². The molecule has 0 saturated carbocycles. The zero-order valence-corrected chi connectivity index (χ0v) is 30.8. The Balaban J connectivity index is 1.00. The van der Waals surface area contributed by atoms with E-state index < -0.39 is 0 Å². The number of nitrogens with zero attached hydrogens (tertiary/aromatic N) is 3. The second kappa shape index (κ2) is 15.5. The summed E-state index contributed by atoms with van der Waals surface area (Å²) in [5.41, 5.74) is 12.0. The van der Waals surface area contributed by atoms with Gasteiger partial charge in [-0.3, -0.25) is 0 Å². The van der Waals surface area contributed by atoms with Crippen LogP contribution in [0.5, 0.6) is 0 Å². The Morgan fingerprint density at radius 1 is 0.569 bits per heavy atom. The summed E-state index contributed by atoms with van der Waals surface area (Å²) in [4.78, 5) is 0. The largest absolute Gasteiger partial charge is 0.416 e. The molecule has 7 aromatic rings. The lowest BCUT2D eigenvalue weighted by atomic mass is 9.84. The predicted octanol–water partition coefficient (Wildman–Crippen LogP) is 12.4. The monoisotopic (exact) mass is 673 g/mol. The van der Waals surface area contributed by atoms with Crippen LogP contribution >= 0.6 is 0 Å². The van der Waals surface area contributed by atoms with Gasteiger partial charge in [0.05, 0.1) is 0 Å². The summed E-state index contributed by atoms with van der Waals surface area (Å²) in [6.45, 7) is 10.2. The molecule has 0 bridgehead atoms. The molecule has 7 rings (SSSR count). The fraction of sp³-hybridized carbons (Fsp3) is 0.319. The van der Waals surface area contributed by atoms with E-state index in [0.29, 0.717) is 17.2 Å². The molecule has 51 heavy (non-hydrogen) atoms. The zero-order chi connectivity index (χ0) is 35.2. The zero-order valence-electron chi connectivity index (χ0n) is 30.8. The molecule has 5 aromatic carbocycles. The minimum atomic E-state index is 0.408. The normalized spacial score (nSPS) is 11.9. The van der Waals surface area contributed by atoms with Crippen LogP contribution in [0, 0.1) is 12.3 Å². The number of fused-ring (bicyclic) bond motifs is 3. The first-order chi connectivity index (χ1) is 24.8. The average Bonchev–Trinajstić information content (AvgIpc) is 3.76. The van der Waals surface area contributed by atoms with Crippen molar-refractivity contribution in [3.63, 3.8) is 0 Å². The molecule has 0 fully saturated rings. The number of aromatic nitrogens is 3. The van der Waals surface area contributed by atoms with Gasteiger partial charge in [-0.25, -0.2) is 0 Å². The molecule has 0 radical (unpaired) electrons. The Kier molecular flexibility index (Phi) is 10.5. The van der Waals surface area contributed by atoms with E-state index in [1.165, 1.54) is 68.9 Å². The van der Waals surface area contributed by atoms with Gasteiger partial charge in [-0.05, 0) is 122 Å². The lowest BCUT2D eigenvalue weighted by molar-refractivity contribution is 0.313. The van der Waals surface area contributed by atoms with Gasteiger partial charge in [-0.2, -0.15) is 0 Å². The van der Waals surface area contributed by atoms with Gasteiger partial charge in [-0.1, -0.05) is 112 Å². The Labute approximate surface area is 303 Å². The summed E-state index contributed by atoms with van der Waals surface area (Å²) < 4.78 is 8.54. The van der Waals surface area contributed by atoms with Gasteiger partial charge < -0.3 is 8.98 Å². The second-order valence-electron chi connectivity index (χ2n) is 15.1. The number of aryl methyl sites for hydroxylation is 6. The van der Waals surface area contributed by atoms with Crippen molar-refractivity contribution < 1.29 is 4.42 Å². The molecule has 4 heteroatoms. The van der Waals surface area contributed by atoms with E-state index in [0.717, 1.165) is 56.2 Å². The number of rotatable bonds is 15. The first kappa shape index (κ1) is 34.5. The van der Waals surface area contributed by atoms with Gasteiger partial charge in [0.15, 0.2) is 0 Å². The molecule has 0 aliphatic carbocycles. The van der Waals surface area contributed by atoms with Crippen LogP contribution in [-0.2, 0) is 32.2 Å². The molecule has 0 N–H and O–H groups in total. The quantitative estimate of drug-likeness (QED) is 0.109. The van der Waals surface area contributed by atoms with Crippen LogP contribution in [0.4, 0.5) is 0 Å². The highest BCUT2D eigenvalue weighted by Gasteiger charge is 2.15. The summed E-state index contributed by atoms with van der Waals surface area (Å²) in [6, 6.07) is 42.0. The Morgan fingerprint density at radius 3 is 1.63 bits per heavy atom. The van der Waals surface area contributed by atoms with Crippen molar-refractivity contribution in [1.82, 2.24) is 14.8 Å². The van der Waals surface area contributed by atoms with Crippen molar-refractivity contribution in [2.45, 2.75) is 92.0 Å². The van der Waals surface area contributed by atoms with Gasteiger partial charge in [0, 0.05) is 39.5 Å². The van der Waals surface area contributed by atoms with Crippen LogP contribution in [0.3, 0.4) is 0 Å². The molecule has 260 valence electrons. The highest BCUT2D eigenvalue weighted by molar-refractivity contribution is 6.07. The Bertz CT molecular complexity index is 2150. The molecule has 0 aliphatic rings. The lowest BCUT2D eigenvalue weighted by Crippen LogP contribution is -2.09. The molecular weight excluding hydrogens is 623 g/mol. The first-order valence-electron chi connectivity index (χ1n) is 18.9. The van der Waals surface area contributed by atoms with E-state index in [9.17, 15) is 0 Å². The first-order valence-corrected chi connectivity index (χ1v) is 18.9. The van der Waals surface area contributed by atoms with E-state index in [2.05, 4.69) is 146 Å². The number of para-hydroxylation sites is 2. The smallest absolute Gasteiger partial charge is 0.248 e. The van der Waals surface area contributed by atoms with Crippen LogP contribution in [0.2, 0.25) is 0 Å². The second-order valence-corrected chi connectivity index (χ2v) is 15.1. The van der Waals surface area contributed by atoms with E-state index >= 15 is 0 Å². The van der Waals surface area contributed by atoms with Crippen LogP contribution in [-0.4, -0.2) is 14.8 Å². The predicted molar refractivity (Wildman–Crippen MR) is 213 cm³/mol. The van der Waals surface area contributed by atoms with Crippen molar-refractivity contribution in [1.29, 1.82) is 0 Å². The number of benzene rings is 5. The van der Waals surface area contributed by atoms with Crippen molar-refractivity contribution in [3.05, 3.63) is 143 Å². The van der Waals surface area contributed by atoms with Crippen LogP contribution < -0.4 is 0 Å². The maximum Gasteiger partial charge on any atom is 0.248 e. The molecule has 0 saturated heterocycles. The van der Waals surface area contributed by atoms with Gasteiger partial charge in [-0.15, -0.1) is 10.2 Å². The van der Waals surface area contributed by atoms with Gasteiger partial charge in [0.25, 0.3) is 0 Å². The van der Waals surface area contributed by atoms with Crippen LogP contribution in [0.25, 0.3) is 44.7 Å². The molecule has 2 heterocycles. The molecular formula is C47H51N3O. The van der Waals surface area contributed by atoms with Crippen molar-refractivity contribution >= 4 is 21.8 Å². The van der Waals surface area contributed by atoms with E-state index in [4.69, 9.17) is 4.42 Å². The van der Waals surface area contributed by atoms with Crippen LogP contribution in [0.1, 0.15) is 80.7 Å². The summed E-state index contributed by atoms with van der Waals surface area (Å²) in [5, 5.41) is 11.3. The van der Waals surface area contributed by atoms with Gasteiger partial charge in [0.2, 0.25) is 11.8 Å². The molecule has 0 unspecified atom stereocenters. The SMILES string of the molecule is CCC(C)(C)CCCc1cc(CCCc2ccc(-c3nnc(-c4ccc(C)cc4)o3)cc2)cc(CCCn2c3ccccc3c3ccccc32)c1. The third-order valence-electron chi connectivity index (χ3n) is 10.8. The van der Waals surface area contributed by atoms with Crippen molar-refractivity contribution in [2.24, 2.45) is 5.41 Å². The third-order valence-corrected chi connectivity index (χ3v) is 10.8. The minimum absolute atomic E-state index is 0.408. The molecule has 0 amide bonds. The van der Waals surface area contributed by atoms with E-state index in [1.807, 2.05) is 12.1 Å². The minimum Gasteiger partial charge on any atom is -0.416 e. The average molecular weight is 674 g/mol. The highest BCUT2D eigenvalue weighted by Crippen LogP contribution is 2.30. The third kappa shape index (κ3) is 8.34. The standard InChI is InChI=1S/C47H51N3O/c1-5-47(3,4)29-11-15-37-31-36(32-38(33-37)16-12-30-50-43-19-8-6-17-41(43)42-18-7-9-20-44(42)50)14-10-13-35-23-27-40(28-24-35)46-49-48-45(51-46)39-25-21-34(2)22-26-39/h6-9,17-28,31-33H,5,10-16,29-30H2,1-4H3. The Morgan fingerprint density at radius 2 is 1.06 bits per heavy atom. The Hall–Kier alpha value is -4.96. The fourth-order valence-corrected chi connectivity index (χ4v) is 7.37. The van der Waals surface area contributed by atoms with E-state index in [1.54, 1.807) is 0 Å². The summed E-state index contributed by atoms with van der Waals surface area (Å²) >= 11 is 0. The highest BCUT2D eigenvalue weighted by atomic mass is 16.4. The van der Waals surface area contributed by atoms with Gasteiger partial charge in [0.1, 0.15) is 0 Å².